The standard InChI is InChI=1S/C17H21N5O8/c1-7(23)27-5-10-12(28-8(2)24)13(29-9(3)25)16(30-10)22-6-19-11-14(22)20-17(18)21-15(11)26-4/h6,10,12-13,16H,5H2,1-4H3,(H2,18,20,21)/t10-,12-,13-,16-/m1/s1. The molecule has 13 nitrogen and oxygen atoms in total. The van der Waals surface area contributed by atoms with Crippen molar-refractivity contribution in [1.82, 2.24) is 19.5 Å². The van der Waals surface area contributed by atoms with Gasteiger partial charge >= 0.3 is 17.9 Å². The van der Waals surface area contributed by atoms with Gasteiger partial charge in [0.2, 0.25) is 11.8 Å². The molecule has 0 aliphatic carbocycles. The molecule has 2 N–H and O–H groups in total. The van der Waals surface area contributed by atoms with Crippen LogP contribution in [0.1, 0.15) is 27.0 Å². The summed E-state index contributed by atoms with van der Waals surface area (Å²) in [6, 6.07) is 0. The summed E-state index contributed by atoms with van der Waals surface area (Å²) >= 11 is 0. The van der Waals surface area contributed by atoms with Crippen molar-refractivity contribution in [2.24, 2.45) is 0 Å². The summed E-state index contributed by atoms with van der Waals surface area (Å²) < 4.78 is 28.3. The van der Waals surface area contributed by atoms with E-state index in [1.54, 1.807) is 0 Å². The summed E-state index contributed by atoms with van der Waals surface area (Å²) in [6.45, 7) is 3.41. The molecule has 4 atom stereocenters. The number of nitrogen functional groups attached to an aromatic ring is 1. The van der Waals surface area contributed by atoms with Gasteiger partial charge in [0.05, 0.1) is 13.4 Å². The van der Waals surface area contributed by atoms with E-state index >= 15 is 0 Å². The van der Waals surface area contributed by atoms with Gasteiger partial charge in [0.15, 0.2) is 29.6 Å². The highest BCUT2D eigenvalue weighted by Crippen LogP contribution is 2.36. The zero-order chi connectivity index (χ0) is 22.0. The van der Waals surface area contributed by atoms with Crippen molar-refractivity contribution in [2.45, 2.75) is 45.3 Å². The number of methoxy groups -OCH3 is 1. The Balaban J connectivity index is 2.05. The molecule has 1 aliphatic rings. The first kappa shape index (κ1) is 21.2. The van der Waals surface area contributed by atoms with Crippen LogP contribution >= 0.6 is 0 Å². The molecule has 0 aromatic carbocycles. The lowest BCUT2D eigenvalue weighted by atomic mass is 10.1. The molecule has 2 aromatic heterocycles. The number of esters is 3. The first-order valence-electron chi connectivity index (χ1n) is 8.88. The Labute approximate surface area is 170 Å². The zero-order valence-electron chi connectivity index (χ0n) is 16.7. The molecule has 1 saturated heterocycles. The number of imidazole rings is 1. The summed E-state index contributed by atoms with van der Waals surface area (Å²) in [5.41, 5.74) is 6.29. The molecule has 3 rings (SSSR count). The van der Waals surface area contributed by atoms with Crippen LogP contribution < -0.4 is 10.5 Å². The number of anilines is 1. The van der Waals surface area contributed by atoms with Crippen LogP contribution in [0.15, 0.2) is 6.33 Å². The van der Waals surface area contributed by atoms with Crippen LogP contribution in [-0.4, -0.2) is 69.5 Å². The van der Waals surface area contributed by atoms with Crippen molar-refractivity contribution < 1.29 is 38.1 Å². The maximum atomic E-state index is 11.7. The van der Waals surface area contributed by atoms with Crippen molar-refractivity contribution >= 4 is 35.0 Å². The number of hydrogen-bond donors (Lipinski definition) is 1. The van der Waals surface area contributed by atoms with Gasteiger partial charge in [0, 0.05) is 20.8 Å². The minimum Gasteiger partial charge on any atom is -0.479 e. The molecule has 0 saturated carbocycles. The van der Waals surface area contributed by atoms with E-state index in [1.807, 2.05) is 0 Å². The second-order valence-electron chi connectivity index (χ2n) is 6.43. The molecule has 0 bridgehead atoms. The fourth-order valence-electron chi connectivity index (χ4n) is 3.15. The second-order valence-corrected chi connectivity index (χ2v) is 6.43. The predicted molar refractivity (Wildman–Crippen MR) is 97.9 cm³/mol. The highest BCUT2D eigenvalue weighted by Gasteiger charge is 2.51. The van der Waals surface area contributed by atoms with Gasteiger partial charge in [-0.2, -0.15) is 9.97 Å². The zero-order valence-corrected chi connectivity index (χ0v) is 16.7. The Hall–Kier alpha value is -3.48. The molecule has 0 unspecified atom stereocenters. The largest absolute Gasteiger partial charge is 0.479 e. The van der Waals surface area contributed by atoms with Crippen molar-refractivity contribution in [3.63, 3.8) is 0 Å². The van der Waals surface area contributed by atoms with E-state index in [9.17, 15) is 14.4 Å². The third-order valence-corrected chi connectivity index (χ3v) is 4.21. The van der Waals surface area contributed by atoms with Crippen molar-refractivity contribution in [3.8, 4) is 5.88 Å². The SMILES string of the molecule is COc1nc(N)nc2c1ncn2[C@@H]1O[C@H](COC(C)=O)[C@@H](OC(C)=O)[C@H]1OC(C)=O. The van der Waals surface area contributed by atoms with E-state index in [4.69, 9.17) is 29.4 Å². The Bertz CT molecular complexity index is 976. The molecule has 0 radical (unpaired) electrons. The minimum absolute atomic E-state index is 0.0730. The molecule has 0 spiro atoms. The molecular weight excluding hydrogens is 402 g/mol. The van der Waals surface area contributed by atoms with Crippen molar-refractivity contribution in [3.05, 3.63) is 6.33 Å². The number of nitrogens with two attached hydrogens (primary N) is 1. The van der Waals surface area contributed by atoms with Gasteiger partial charge in [0.25, 0.3) is 0 Å². The summed E-state index contributed by atoms with van der Waals surface area (Å²) in [5, 5.41) is 0. The van der Waals surface area contributed by atoms with Gasteiger partial charge in [-0.3, -0.25) is 19.0 Å². The molecule has 3 heterocycles. The Morgan fingerprint density at radius 2 is 1.77 bits per heavy atom. The van der Waals surface area contributed by atoms with Crippen LogP contribution in [0.4, 0.5) is 5.95 Å². The maximum Gasteiger partial charge on any atom is 0.303 e. The number of carbonyl (C=O) groups excluding carboxylic acids is 3. The van der Waals surface area contributed by atoms with Crippen LogP contribution in [0.25, 0.3) is 11.2 Å². The van der Waals surface area contributed by atoms with Crippen LogP contribution in [0.3, 0.4) is 0 Å². The summed E-state index contributed by atoms with van der Waals surface area (Å²) in [6.07, 6.45) is -2.67. The molecular formula is C17H21N5O8. The molecule has 2 aromatic rings. The third kappa shape index (κ3) is 4.25. The normalized spacial score (nSPS) is 23.2. The van der Waals surface area contributed by atoms with E-state index in [0.717, 1.165) is 0 Å². The summed E-state index contributed by atoms with van der Waals surface area (Å²) in [4.78, 5) is 47.0. The fourth-order valence-corrected chi connectivity index (χ4v) is 3.15. The molecule has 13 heteroatoms. The molecule has 1 fully saturated rings. The minimum atomic E-state index is -1.08. The molecule has 30 heavy (non-hydrogen) atoms. The number of rotatable bonds is 6. The smallest absolute Gasteiger partial charge is 0.303 e. The fraction of sp³-hybridized carbons (Fsp3) is 0.529. The van der Waals surface area contributed by atoms with E-state index in [2.05, 4.69) is 15.0 Å². The van der Waals surface area contributed by atoms with Gasteiger partial charge in [-0.25, -0.2) is 4.98 Å². The van der Waals surface area contributed by atoms with Gasteiger partial charge in [-0.05, 0) is 0 Å². The molecule has 0 amide bonds. The third-order valence-electron chi connectivity index (χ3n) is 4.21. The van der Waals surface area contributed by atoms with Gasteiger partial charge in [-0.15, -0.1) is 0 Å². The first-order chi connectivity index (χ1) is 14.2. The Morgan fingerprint density at radius 3 is 2.37 bits per heavy atom. The average Bonchev–Trinajstić information content (AvgIpc) is 3.20. The van der Waals surface area contributed by atoms with Crippen LogP contribution in [0.2, 0.25) is 0 Å². The lowest BCUT2D eigenvalue weighted by molar-refractivity contribution is -0.166. The highest BCUT2D eigenvalue weighted by atomic mass is 16.7. The quantitative estimate of drug-likeness (QED) is 0.478. The molecule has 1 aliphatic heterocycles. The number of carbonyl (C=O) groups is 3. The number of aromatic nitrogens is 4. The second kappa shape index (κ2) is 8.49. The first-order valence-corrected chi connectivity index (χ1v) is 8.88. The monoisotopic (exact) mass is 423 g/mol. The van der Waals surface area contributed by atoms with Crippen molar-refractivity contribution in [1.29, 1.82) is 0 Å². The number of fused-ring (bicyclic) bond motifs is 1. The van der Waals surface area contributed by atoms with E-state index < -0.39 is 42.4 Å². The van der Waals surface area contributed by atoms with Crippen LogP contribution in [0, 0.1) is 0 Å². The van der Waals surface area contributed by atoms with Gasteiger partial charge in [-0.1, -0.05) is 0 Å². The van der Waals surface area contributed by atoms with Gasteiger partial charge < -0.3 is 29.4 Å². The van der Waals surface area contributed by atoms with Crippen LogP contribution in [-0.2, 0) is 33.3 Å². The van der Waals surface area contributed by atoms with E-state index in [1.165, 1.54) is 38.8 Å². The number of ether oxygens (including phenoxy) is 5. The van der Waals surface area contributed by atoms with E-state index in [-0.39, 0.29) is 24.1 Å². The highest BCUT2D eigenvalue weighted by molar-refractivity contribution is 5.77. The predicted octanol–water partition coefficient (Wildman–Crippen LogP) is -0.259. The maximum absolute atomic E-state index is 11.7. The van der Waals surface area contributed by atoms with Gasteiger partial charge in [0.1, 0.15) is 12.7 Å². The Morgan fingerprint density at radius 1 is 1.10 bits per heavy atom. The number of nitrogens with zero attached hydrogens (tertiary/aromatic N) is 4. The molecule has 162 valence electrons. The Kier molecular flexibility index (Phi) is 6.01. The summed E-state index contributed by atoms with van der Waals surface area (Å²) in [5.74, 6) is -1.73. The lowest BCUT2D eigenvalue weighted by Gasteiger charge is -2.23. The average molecular weight is 423 g/mol. The topological polar surface area (TPSA) is 167 Å². The van der Waals surface area contributed by atoms with Crippen LogP contribution in [0.5, 0.6) is 5.88 Å². The van der Waals surface area contributed by atoms with E-state index in [0.29, 0.717) is 5.52 Å². The summed E-state index contributed by atoms with van der Waals surface area (Å²) in [7, 11) is 1.40. The number of hydrogen-bond acceptors (Lipinski definition) is 12. The van der Waals surface area contributed by atoms with Crippen molar-refractivity contribution in [2.75, 3.05) is 19.5 Å². The lowest BCUT2D eigenvalue weighted by Crippen LogP contribution is -2.40.